The van der Waals surface area contributed by atoms with Crippen LogP contribution in [0.25, 0.3) is 0 Å². The minimum Gasteiger partial charge on any atom is -0.396 e. The second kappa shape index (κ2) is 5.77. The van der Waals surface area contributed by atoms with E-state index in [0.717, 1.165) is 19.3 Å². The lowest BCUT2D eigenvalue weighted by atomic mass is 10.1. The summed E-state index contributed by atoms with van der Waals surface area (Å²) in [4.78, 5) is 23.3. The van der Waals surface area contributed by atoms with Crippen molar-refractivity contribution in [3.63, 3.8) is 0 Å². The molecule has 1 saturated heterocycles. The lowest BCUT2D eigenvalue weighted by Gasteiger charge is -2.28. The van der Waals surface area contributed by atoms with Crippen LogP contribution < -0.4 is 5.73 Å². The van der Waals surface area contributed by atoms with Gasteiger partial charge in [0.2, 0.25) is 0 Å². The van der Waals surface area contributed by atoms with Crippen molar-refractivity contribution in [1.82, 2.24) is 14.9 Å². The van der Waals surface area contributed by atoms with Crippen LogP contribution in [-0.4, -0.2) is 32.9 Å². The zero-order valence-electron chi connectivity index (χ0n) is 12.8. The standard InChI is InChI=1S/C15H24N4O/c1-5-11-7-6-10(4)19(11)15(20)13-12(16)8-17-14(18-13)9(2)3/h8-11H,5-7,16H2,1-4H3. The van der Waals surface area contributed by atoms with Gasteiger partial charge in [0.25, 0.3) is 5.91 Å². The summed E-state index contributed by atoms with van der Waals surface area (Å²) in [7, 11) is 0. The molecule has 0 aliphatic carbocycles. The van der Waals surface area contributed by atoms with E-state index in [2.05, 4.69) is 23.8 Å². The van der Waals surface area contributed by atoms with E-state index >= 15 is 0 Å². The molecule has 1 amide bonds. The summed E-state index contributed by atoms with van der Waals surface area (Å²) in [5, 5.41) is 0. The Balaban J connectivity index is 2.35. The summed E-state index contributed by atoms with van der Waals surface area (Å²) in [6.07, 6.45) is 4.63. The van der Waals surface area contributed by atoms with Crippen molar-refractivity contribution in [2.75, 3.05) is 5.73 Å². The van der Waals surface area contributed by atoms with Crippen LogP contribution in [0, 0.1) is 0 Å². The topological polar surface area (TPSA) is 72.1 Å². The second-order valence-electron chi connectivity index (χ2n) is 5.89. The van der Waals surface area contributed by atoms with Crippen molar-refractivity contribution in [1.29, 1.82) is 0 Å². The van der Waals surface area contributed by atoms with Crippen LogP contribution in [0.5, 0.6) is 0 Å². The van der Waals surface area contributed by atoms with E-state index in [4.69, 9.17) is 5.73 Å². The third kappa shape index (κ3) is 2.62. The molecule has 2 N–H and O–H groups in total. The van der Waals surface area contributed by atoms with Gasteiger partial charge in [-0.25, -0.2) is 9.97 Å². The van der Waals surface area contributed by atoms with E-state index in [0.29, 0.717) is 23.2 Å². The predicted molar refractivity (Wildman–Crippen MR) is 79.5 cm³/mol. The highest BCUT2D eigenvalue weighted by atomic mass is 16.2. The third-order valence-corrected chi connectivity index (χ3v) is 4.05. The first-order valence-corrected chi connectivity index (χ1v) is 7.40. The number of nitrogens with zero attached hydrogens (tertiary/aromatic N) is 3. The van der Waals surface area contributed by atoms with Gasteiger partial charge < -0.3 is 10.6 Å². The molecule has 110 valence electrons. The monoisotopic (exact) mass is 276 g/mol. The summed E-state index contributed by atoms with van der Waals surface area (Å²) >= 11 is 0. The first-order valence-electron chi connectivity index (χ1n) is 7.40. The number of amides is 1. The Morgan fingerprint density at radius 1 is 1.50 bits per heavy atom. The first kappa shape index (κ1) is 14.8. The fourth-order valence-electron chi connectivity index (χ4n) is 2.81. The summed E-state index contributed by atoms with van der Waals surface area (Å²) in [6.45, 7) is 8.22. The number of carbonyl (C=O) groups is 1. The smallest absolute Gasteiger partial charge is 0.275 e. The van der Waals surface area contributed by atoms with E-state index in [1.807, 2.05) is 18.7 Å². The number of nitrogen functional groups attached to an aromatic ring is 1. The molecule has 2 unspecified atom stereocenters. The maximum Gasteiger partial charge on any atom is 0.275 e. The molecule has 0 bridgehead atoms. The number of rotatable bonds is 3. The molecular formula is C15H24N4O. The highest BCUT2D eigenvalue weighted by Crippen LogP contribution is 2.28. The summed E-state index contributed by atoms with van der Waals surface area (Å²) in [5.41, 5.74) is 6.64. The van der Waals surface area contributed by atoms with Gasteiger partial charge in [-0.15, -0.1) is 0 Å². The lowest BCUT2D eigenvalue weighted by molar-refractivity contribution is 0.0671. The number of carbonyl (C=O) groups excluding carboxylic acids is 1. The Kier molecular flexibility index (Phi) is 4.26. The molecule has 5 heteroatoms. The van der Waals surface area contributed by atoms with Crippen LogP contribution in [0.15, 0.2) is 6.20 Å². The average molecular weight is 276 g/mol. The Morgan fingerprint density at radius 2 is 2.20 bits per heavy atom. The molecule has 1 aliphatic rings. The van der Waals surface area contributed by atoms with Gasteiger partial charge in [0.05, 0.1) is 11.9 Å². The van der Waals surface area contributed by atoms with Crippen molar-refractivity contribution in [2.45, 2.75) is 65.0 Å². The third-order valence-electron chi connectivity index (χ3n) is 4.05. The van der Waals surface area contributed by atoms with Gasteiger partial charge in [0.1, 0.15) is 5.82 Å². The van der Waals surface area contributed by atoms with Crippen LogP contribution >= 0.6 is 0 Å². The number of nitrogens with two attached hydrogens (primary N) is 1. The number of likely N-dealkylation sites (tertiary alicyclic amines) is 1. The second-order valence-corrected chi connectivity index (χ2v) is 5.89. The normalized spacial score (nSPS) is 22.6. The minimum absolute atomic E-state index is 0.0522. The van der Waals surface area contributed by atoms with Gasteiger partial charge in [0, 0.05) is 18.0 Å². The van der Waals surface area contributed by atoms with Gasteiger partial charge in [-0.1, -0.05) is 20.8 Å². The molecule has 0 radical (unpaired) electrons. The van der Waals surface area contributed by atoms with Crippen molar-refractivity contribution in [3.05, 3.63) is 17.7 Å². The zero-order valence-corrected chi connectivity index (χ0v) is 12.8. The van der Waals surface area contributed by atoms with E-state index in [1.165, 1.54) is 0 Å². The van der Waals surface area contributed by atoms with Crippen LogP contribution in [0.3, 0.4) is 0 Å². The van der Waals surface area contributed by atoms with Crippen molar-refractivity contribution in [2.24, 2.45) is 0 Å². The van der Waals surface area contributed by atoms with Crippen molar-refractivity contribution < 1.29 is 4.79 Å². The van der Waals surface area contributed by atoms with E-state index in [9.17, 15) is 4.79 Å². The fourth-order valence-corrected chi connectivity index (χ4v) is 2.81. The Morgan fingerprint density at radius 3 is 2.80 bits per heavy atom. The largest absolute Gasteiger partial charge is 0.396 e. The number of hydrogen-bond donors (Lipinski definition) is 1. The maximum atomic E-state index is 12.8. The SMILES string of the molecule is CCC1CCC(C)N1C(=O)c1nc(C(C)C)ncc1N. The average Bonchev–Trinajstić information content (AvgIpc) is 2.79. The van der Waals surface area contributed by atoms with Crippen LogP contribution in [0.2, 0.25) is 0 Å². The van der Waals surface area contributed by atoms with Gasteiger partial charge in [-0.05, 0) is 26.2 Å². The van der Waals surface area contributed by atoms with Gasteiger partial charge in [0.15, 0.2) is 5.69 Å². The Labute approximate surface area is 120 Å². The van der Waals surface area contributed by atoms with E-state index in [1.54, 1.807) is 6.20 Å². The van der Waals surface area contributed by atoms with E-state index < -0.39 is 0 Å². The molecule has 0 saturated carbocycles. The van der Waals surface area contributed by atoms with Crippen molar-refractivity contribution >= 4 is 11.6 Å². The molecule has 2 atom stereocenters. The molecule has 0 aromatic carbocycles. The minimum atomic E-state index is -0.0522. The molecule has 1 aliphatic heterocycles. The highest BCUT2D eigenvalue weighted by molar-refractivity contribution is 5.97. The number of anilines is 1. The van der Waals surface area contributed by atoms with Gasteiger partial charge >= 0.3 is 0 Å². The molecule has 1 aromatic rings. The Hall–Kier alpha value is -1.65. The van der Waals surface area contributed by atoms with Gasteiger partial charge in [-0.3, -0.25) is 4.79 Å². The predicted octanol–water partition coefficient (Wildman–Crippen LogP) is 2.59. The van der Waals surface area contributed by atoms with Crippen LogP contribution in [0.1, 0.15) is 69.2 Å². The lowest BCUT2D eigenvalue weighted by Crippen LogP contribution is -2.40. The highest BCUT2D eigenvalue weighted by Gasteiger charge is 2.35. The van der Waals surface area contributed by atoms with Crippen LogP contribution in [0.4, 0.5) is 5.69 Å². The number of aromatic nitrogens is 2. The first-order chi connectivity index (χ1) is 9.45. The molecule has 20 heavy (non-hydrogen) atoms. The molecule has 1 fully saturated rings. The summed E-state index contributed by atoms with van der Waals surface area (Å²) in [5.74, 6) is 0.797. The molecular weight excluding hydrogens is 252 g/mol. The summed E-state index contributed by atoms with van der Waals surface area (Å²) in [6, 6.07) is 0.554. The zero-order chi connectivity index (χ0) is 14.9. The molecule has 0 spiro atoms. The van der Waals surface area contributed by atoms with E-state index in [-0.39, 0.29) is 17.9 Å². The molecule has 2 heterocycles. The maximum absolute atomic E-state index is 12.8. The fraction of sp³-hybridized carbons (Fsp3) is 0.667. The quantitative estimate of drug-likeness (QED) is 0.921. The Bertz CT molecular complexity index is 501. The van der Waals surface area contributed by atoms with Crippen molar-refractivity contribution in [3.8, 4) is 0 Å². The van der Waals surface area contributed by atoms with Crippen LogP contribution in [-0.2, 0) is 0 Å². The molecule has 5 nitrogen and oxygen atoms in total. The van der Waals surface area contributed by atoms with Gasteiger partial charge in [-0.2, -0.15) is 0 Å². The summed E-state index contributed by atoms with van der Waals surface area (Å²) < 4.78 is 0. The molecule has 2 rings (SSSR count). The number of hydrogen-bond acceptors (Lipinski definition) is 4. The molecule has 1 aromatic heterocycles.